The zero-order chi connectivity index (χ0) is 19.5. The minimum Gasteiger partial charge on any atom is -0.371 e. The minimum atomic E-state index is -0.181. The molecule has 0 radical (unpaired) electrons. The summed E-state index contributed by atoms with van der Waals surface area (Å²) in [6.07, 6.45) is 15.6. The van der Waals surface area contributed by atoms with Crippen molar-refractivity contribution in [2.75, 3.05) is 18.0 Å². The molecule has 2 nitrogen and oxygen atoms in total. The topological polar surface area (TPSA) is 29.3 Å². The third-order valence-corrected chi connectivity index (χ3v) is 6.62. The van der Waals surface area contributed by atoms with E-state index < -0.39 is 0 Å². The largest absolute Gasteiger partial charge is 0.371 e. The maximum absolute atomic E-state index is 6.95. The number of para-hydroxylation sites is 1. The lowest BCUT2D eigenvalue weighted by Gasteiger charge is -2.39. The van der Waals surface area contributed by atoms with Gasteiger partial charge in [0, 0.05) is 24.3 Å². The summed E-state index contributed by atoms with van der Waals surface area (Å²) in [4.78, 5) is 2.65. The van der Waals surface area contributed by atoms with E-state index in [2.05, 4.69) is 49.9 Å². The molecule has 2 N–H and O–H groups in total. The lowest BCUT2D eigenvalue weighted by atomic mass is 9.82. The number of anilines is 1. The Hall–Kier alpha value is -1.02. The molecule has 0 saturated carbocycles. The molecule has 2 heteroatoms. The number of nitrogens with two attached hydrogens (primary N) is 1. The Morgan fingerprint density at radius 3 is 2.48 bits per heavy atom. The predicted octanol–water partition coefficient (Wildman–Crippen LogP) is 7.02. The lowest BCUT2D eigenvalue weighted by Crippen LogP contribution is -2.41. The molecule has 27 heavy (non-hydrogen) atoms. The van der Waals surface area contributed by atoms with Crippen LogP contribution in [-0.2, 0) is 5.54 Å². The molecule has 0 spiro atoms. The minimum absolute atomic E-state index is 0.181. The number of benzene rings is 1. The molecule has 1 aliphatic rings. The molecule has 1 aromatic carbocycles. The van der Waals surface area contributed by atoms with Gasteiger partial charge in [-0.3, -0.25) is 0 Å². The molecule has 0 amide bonds. The number of hydrogen-bond donors (Lipinski definition) is 1. The van der Waals surface area contributed by atoms with Crippen molar-refractivity contribution in [3.63, 3.8) is 0 Å². The molecule has 2 rings (SSSR count). The van der Waals surface area contributed by atoms with Gasteiger partial charge in [0.15, 0.2) is 0 Å². The number of nitrogens with zero attached hydrogens (tertiary/aromatic N) is 1. The summed E-state index contributed by atoms with van der Waals surface area (Å²) in [6, 6.07) is 8.99. The molecular formula is C25H44N2. The van der Waals surface area contributed by atoms with E-state index >= 15 is 0 Å². The van der Waals surface area contributed by atoms with Crippen LogP contribution >= 0.6 is 0 Å². The molecular weight excluding hydrogens is 328 g/mol. The highest BCUT2D eigenvalue weighted by Crippen LogP contribution is 2.37. The third kappa shape index (κ3) is 6.52. The van der Waals surface area contributed by atoms with Gasteiger partial charge in [0.25, 0.3) is 0 Å². The van der Waals surface area contributed by atoms with Crippen LogP contribution in [0.25, 0.3) is 0 Å². The number of hydrogen-bond acceptors (Lipinski definition) is 2. The Labute approximate surface area is 168 Å². The maximum atomic E-state index is 6.95. The normalized spacial score (nSPS) is 19.9. The van der Waals surface area contributed by atoms with E-state index in [-0.39, 0.29) is 5.54 Å². The van der Waals surface area contributed by atoms with Crippen molar-refractivity contribution in [1.29, 1.82) is 0 Å². The summed E-state index contributed by atoms with van der Waals surface area (Å²) < 4.78 is 0. The summed E-state index contributed by atoms with van der Waals surface area (Å²) in [5.41, 5.74) is 9.56. The number of rotatable bonds is 12. The summed E-state index contributed by atoms with van der Waals surface area (Å²) in [6.45, 7) is 9.22. The lowest BCUT2D eigenvalue weighted by molar-refractivity contribution is 0.364. The summed E-state index contributed by atoms with van der Waals surface area (Å²) >= 11 is 0. The van der Waals surface area contributed by atoms with Gasteiger partial charge < -0.3 is 10.6 Å². The first-order valence-corrected chi connectivity index (χ1v) is 11.8. The third-order valence-electron chi connectivity index (χ3n) is 6.62. The Bertz CT molecular complexity index is 527. The molecule has 1 aromatic rings. The number of unbranched alkanes of at least 4 members (excludes halogenated alkanes) is 5. The molecule has 2 atom stereocenters. The van der Waals surface area contributed by atoms with Crippen molar-refractivity contribution in [3.8, 4) is 0 Å². The van der Waals surface area contributed by atoms with Crippen LogP contribution in [0.3, 0.4) is 0 Å². The SMILES string of the molecule is CCCCCCCC1CCCN(c2ccccc2C(N)(CC)CCCC)C1. The summed E-state index contributed by atoms with van der Waals surface area (Å²) in [5.74, 6) is 0.859. The number of piperidine rings is 1. The molecule has 1 heterocycles. The van der Waals surface area contributed by atoms with E-state index in [1.54, 1.807) is 0 Å². The molecule has 1 saturated heterocycles. The Kier molecular flexibility index (Phi) is 9.68. The molecule has 2 unspecified atom stereocenters. The average Bonchev–Trinajstić information content (AvgIpc) is 2.72. The van der Waals surface area contributed by atoms with Gasteiger partial charge in [-0.1, -0.05) is 83.9 Å². The van der Waals surface area contributed by atoms with Crippen LogP contribution in [-0.4, -0.2) is 13.1 Å². The zero-order valence-corrected chi connectivity index (χ0v) is 18.3. The first kappa shape index (κ1) is 22.3. The van der Waals surface area contributed by atoms with Crippen molar-refractivity contribution in [1.82, 2.24) is 0 Å². The van der Waals surface area contributed by atoms with Gasteiger partial charge in [-0.05, 0) is 49.7 Å². The van der Waals surface area contributed by atoms with Crippen molar-refractivity contribution < 1.29 is 0 Å². The molecule has 1 aliphatic heterocycles. The molecule has 0 bridgehead atoms. The highest BCUT2D eigenvalue weighted by atomic mass is 15.1. The van der Waals surface area contributed by atoms with Gasteiger partial charge >= 0.3 is 0 Å². The van der Waals surface area contributed by atoms with Crippen LogP contribution in [0.2, 0.25) is 0 Å². The van der Waals surface area contributed by atoms with Gasteiger partial charge in [0.2, 0.25) is 0 Å². The van der Waals surface area contributed by atoms with E-state index in [1.165, 1.54) is 88.5 Å². The van der Waals surface area contributed by atoms with E-state index in [9.17, 15) is 0 Å². The van der Waals surface area contributed by atoms with Crippen LogP contribution in [0, 0.1) is 5.92 Å². The highest BCUT2D eigenvalue weighted by molar-refractivity contribution is 5.57. The van der Waals surface area contributed by atoms with Crippen molar-refractivity contribution in [2.45, 2.75) is 103 Å². The molecule has 1 fully saturated rings. The van der Waals surface area contributed by atoms with E-state index in [4.69, 9.17) is 5.73 Å². The molecule has 154 valence electrons. The quantitative estimate of drug-likeness (QED) is 0.399. The van der Waals surface area contributed by atoms with Crippen molar-refractivity contribution >= 4 is 5.69 Å². The fraction of sp³-hybridized carbons (Fsp3) is 0.760. The van der Waals surface area contributed by atoms with Crippen LogP contribution in [0.1, 0.15) is 103 Å². The van der Waals surface area contributed by atoms with Crippen LogP contribution in [0.15, 0.2) is 24.3 Å². The van der Waals surface area contributed by atoms with Gasteiger partial charge in [0.1, 0.15) is 0 Å². The van der Waals surface area contributed by atoms with Crippen LogP contribution in [0.5, 0.6) is 0 Å². The summed E-state index contributed by atoms with van der Waals surface area (Å²) in [5, 5.41) is 0. The highest BCUT2D eigenvalue weighted by Gasteiger charge is 2.30. The van der Waals surface area contributed by atoms with Gasteiger partial charge in [0.05, 0.1) is 0 Å². The second-order valence-electron chi connectivity index (χ2n) is 8.79. The van der Waals surface area contributed by atoms with Crippen LogP contribution < -0.4 is 10.6 Å². The Morgan fingerprint density at radius 1 is 1.00 bits per heavy atom. The van der Waals surface area contributed by atoms with Crippen LogP contribution in [0.4, 0.5) is 5.69 Å². The standard InChI is InChI=1S/C25H44N2/c1-4-7-9-10-11-15-22-16-14-20-27(21-22)24-18-13-12-17-23(24)25(26,6-3)19-8-5-2/h12-13,17-18,22H,4-11,14-16,19-21,26H2,1-3H3. The van der Waals surface area contributed by atoms with E-state index in [1.807, 2.05) is 0 Å². The molecule has 0 aromatic heterocycles. The predicted molar refractivity (Wildman–Crippen MR) is 120 cm³/mol. The monoisotopic (exact) mass is 372 g/mol. The van der Waals surface area contributed by atoms with Gasteiger partial charge in [-0.15, -0.1) is 0 Å². The fourth-order valence-electron chi connectivity index (χ4n) is 4.72. The Balaban J connectivity index is 2.04. The Morgan fingerprint density at radius 2 is 1.74 bits per heavy atom. The van der Waals surface area contributed by atoms with Crippen molar-refractivity contribution in [2.24, 2.45) is 11.7 Å². The summed E-state index contributed by atoms with van der Waals surface area (Å²) in [7, 11) is 0. The zero-order valence-electron chi connectivity index (χ0n) is 18.3. The van der Waals surface area contributed by atoms with E-state index in [0.717, 1.165) is 18.8 Å². The smallest absolute Gasteiger partial charge is 0.0427 e. The average molecular weight is 373 g/mol. The maximum Gasteiger partial charge on any atom is 0.0427 e. The molecule has 0 aliphatic carbocycles. The van der Waals surface area contributed by atoms with Crippen molar-refractivity contribution in [3.05, 3.63) is 29.8 Å². The van der Waals surface area contributed by atoms with Gasteiger partial charge in [-0.2, -0.15) is 0 Å². The van der Waals surface area contributed by atoms with Gasteiger partial charge in [-0.25, -0.2) is 0 Å². The first-order chi connectivity index (χ1) is 13.1. The second-order valence-corrected chi connectivity index (χ2v) is 8.79. The fourth-order valence-corrected chi connectivity index (χ4v) is 4.72. The van der Waals surface area contributed by atoms with E-state index in [0.29, 0.717) is 0 Å². The first-order valence-electron chi connectivity index (χ1n) is 11.8. The second kappa shape index (κ2) is 11.7.